The lowest BCUT2D eigenvalue weighted by atomic mass is 9.98. The SMILES string of the molecule is Cc1cc(F)c2c(Cc3ccc4cc(F)ccc4c3)cn([C@@H]3O[C@H](CO)[C@@H](O)[C@H](O)[C@H]3O)c2c1. The highest BCUT2D eigenvalue weighted by Crippen LogP contribution is 2.35. The fourth-order valence-corrected chi connectivity index (χ4v) is 4.80. The minimum atomic E-state index is -1.55. The third-order valence-corrected chi connectivity index (χ3v) is 6.51. The van der Waals surface area contributed by atoms with Crippen molar-refractivity contribution in [3.63, 3.8) is 0 Å². The second-order valence-electron chi connectivity index (χ2n) is 8.92. The summed E-state index contributed by atoms with van der Waals surface area (Å²) >= 11 is 0. The predicted molar refractivity (Wildman–Crippen MR) is 122 cm³/mol. The molecule has 178 valence electrons. The molecule has 1 saturated heterocycles. The van der Waals surface area contributed by atoms with Crippen LogP contribution >= 0.6 is 0 Å². The first-order chi connectivity index (χ1) is 16.3. The van der Waals surface area contributed by atoms with Gasteiger partial charge in [-0.2, -0.15) is 0 Å². The van der Waals surface area contributed by atoms with E-state index >= 15 is 4.39 Å². The molecular weight excluding hydrogens is 444 g/mol. The van der Waals surface area contributed by atoms with Crippen molar-refractivity contribution < 1.29 is 33.9 Å². The largest absolute Gasteiger partial charge is 0.394 e. The normalized spacial score (nSPS) is 25.3. The molecule has 4 N–H and O–H groups in total. The number of aliphatic hydroxyl groups is 4. The van der Waals surface area contributed by atoms with Gasteiger partial charge in [0.2, 0.25) is 0 Å². The van der Waals surface area contributed by atoms with E-state index in [1.54, 1.807) is 29.8 Å². The van der Waals surface area contributed by atoms with E-state index in [-0.39, 0.29) is 5.82 Å². The zero-order valence-electron chi connectivity index (χ0n) is 18.4. The zero-order valence-corrected chi connectivity index (χ0v) is 18.4. The van der Waals surface area contributed by atoms with Gasteiger partial charge in [-0.3, -0.25) is 0 Å². The van der Waals surface area contributed by atoms with Gasteiger partial charge < -0.3 is 29.7 Å². The molecule has 0 aliphatic carbocycles. The van der Waals surface area contributed by atoms with Crippen molar-refractivity contribution in [3.8, 4) is 0 Å². The summed E-state index contributed by atoms with van der Waals surface area (Å²) in [7, 11) is 0. The van der Waals surface area contributed by atoms with Gasteiger partial charge in [-0.15, -0.1) is 0 Å². The second-order valence-corrected chi connectivity index (χ2v) is 8.92. The van der Waals surface area contributed by atoms with Gasteiger partial charge in [0, 0.05) is 11.6 Å². The van der Waals surface area contributed by atoms with Crippen molar-refractivity contribution in [2.45, 2.75) is 44.0 Å². The monoisotopic (exact) mass is 469 g/mol. The van der Waals surface area contributed by atoms with E-state index < -0.39 is 43.1 Å². The number of benzene rings is 3. The highest BCUT2D eigenvalue weighted by atomic mass is 19.1. The molecule has 0 bridgehead atoms. The average molecular weight is 469 g/mol. The second kappa shape index (κ2) is 8.72. The Morgan fingerprint density at radius 3 is 2.41 bits per heavy atom. The molecule has 0 spiro atoms. The first-order valence-corrected chi connectivity index (χ1v) is 11.0. The molecule has 6 nitrogen and oxygen atoms in total. The molecule has 5 rings (SSSR count). The van der Waals surface area contributed by atoms with Crippen LogP contribution in [-0.2, 0) is 11.2 Å². The van der Waals surface area contributed by atoms with Gasteiger partial charge in [0.1, 0.15) is 36.1 Å². The van der Waals surface area contributed by atoms with Gasteiger partial charge in [0.25, 0.3) is 0 Å². The smallest absolute Gasteiger partial charge is 0.163 e. The van der Waals surface area contributed by atoms with Crippen molar-refractivity contribution >= 4 is 21.7 Å². The molecule has 4 aromatic rings. The van der Waals surface area contributed by atoms with Crippen LogP contribution in [0.4, 0.5) is 8.78 Å². The number of hydrogen-bond acceptors (Lipinski definition) is 5. The zero-order chi connectivity index (χ0) is 24.1. The van der Waals surface area contributed by atoms with Crippen molar-refractivity contribution in [2.24, 2.45) is 0 Å². The highest BCUT2D eigenvalue weighted by molar-refractivity contribution is 5.87. The number of aromatic nitrogens is 1. The molecule has 3 aromatic carbocycles. The molecule has 1 aromatic heterocycles. The van der Waals surface area contributed by atoms with E-state index in [9.17, 15) is 24.8 Å². The van der Waals surface area contributed by atoms with Crippen molar-refractivity contribution in [1.29, 1.82) is 0 Å². The summed E-state index contributed by atoms with van der Waals surface area (Å²) in [5, 5.41) is 42.6. The third kappa shape index (κ3) is 3.87. The van der Waals surface area contributed by atoms with Crippen LogP contribution in [0, 0.1) is 18.6 Å². The van der Waals surface area contributed by atoms with Crippen molar-refractivity contribution in [3.05, 3.63) is 83.1 Å². The van der Waals surface area contributed by atoms with Crippen LogP contribution in [0.2, 0.25) is 0 Å². The molecular formula is C26H25F2NO5. The quantitative estimate of drug-likeness (QED) is 0.369. The number of aliphatic hydroxyl groups excluding tert-OH is 4. The maximum atomic E-state index is 15.2. The predicted octanol–water partition coefficient (Wildman–Crippen LogP) is 2.94. The lowest BCUT2D eigenvalue weighted by molar-refractivity contribution is -0.250. The minimum Gasteiger partial charge on any atom is -0.394 e. The number of ether oxygens (including phenoxy) is 1. The van der Waals surface area contributed by atoms with Crippen LogP contribution < -0.4 is 0 Å². The van der Waals surface area contributed by atoms with E-state index in [1.165, 1.54) is 18.2 Å². The van der Waals surface area contributed by atoms with E-state index in [2.05, 4.69) is 0 Å². The van der Waals surface area contributed by atoms with Crippen LogP contribution in [-0.4, -0.2) is 56.0 Å². The average Bonchev–Trinajstić information content (AvgIpc) is 3.15. The molecule has 2 heterocycles. The first-order valence-electron chi connectivity index (χ1n) is 11.0. The Hall–Kier alpha value is -2.88. The van der Waals surface area contributed by atoms with Crippen LogP contribution in [0.1, 0.15) is 22.9 Å². The molecule has 8 heteroatoms. The number of aryl methyl sites for hydroxylation is 1. The molecule has 34 heavy (non-hydrogen) atoms. The topological polar surface area (TPSA) is 95.1 Å². The summed E-state index contributed by atoms with van der Waals surface area (Å²) in [5.41, 5.74) is 2.63. The fourth-order valence-electron chi connectivity index (χ4n) is 4.80. The fraction of sp³-hybridized carbons (Fsp3) is 0.308. The Morgan fingerprint density at radius 1 is 0.912 bits per heavy atom. The summed E-state index contributed by atoms with van der Waals surface area (Å²) < 4.78 is 36.0. The van der Waals surface area contributed by atoms with Crippen LogP contribution in [0.25, 0.3) is 21.7 Å². The highest BCUT2D eigenvalue weighted by Gasteiger charge is 2.44. The Balaban J connectivity index is 1.60. The Kier molecular flexibility index (Phi) is 5.87. The number of fused-ring (bicyclic) bond motifs is 2. The van der Waals surface area contributed by atoms with Crippen molar-refractivity contribution in [2.75, 3.05) is 6.61 Å². The number of nitrogens with zero attached hydrogens (tertiary/aromatic N) is 1. The maximum Gasteiger partial charge on any atom is 0.163 e. The van der Waals surface area contributed by atoms with Crippen LogP contribution in [0.15, 0.2) is 54.7 Å². The van der Waals surface area contributed by atoms with Crippen molar-refractivity contribution in [1.82, 2.24) is 4.57 Å². The molecule has 0 saturated carbocycles. The maximum absolute atomic E-state index is 15.2. The summed E-state index contributed by atoms with van der Waals surface area (Å²) in [5.74, 6) is -0.753. The first kappa shape index (κ1) is 22.9. The summed E-state index contributed by atoms with van der Waals surface area (Å²) in [4.78, 5) is 0. The number of halogens is 2. The third-order valence-electron chi connectivity index (χ3n) is 6.51. The van der Waals surface area contributed by atoms with Crippen LogP contribution in [0.5, 0.6) is 0 Å². The summed E-state index contributed by atoms with van der Waals surface area (Å²) in [6.45, 7) is 1.19. The Morgan fingerprint density at radius 2 is 1.65 bits per heavy atom. The molecule has 0 radical (unpaired) electrons. The molecule has 0 unspecified atom stereocenters. The minimum absolute atomic E-state index is 0.319. The van der Waals surface area contributed by atoms with E-state index in [1.807, 2.05) is 18.2 Å². The van der Waals surface area contributed by atoms with Gasteiger partial charge in [-0.25, -0.2) is 8.78 Å². The summed E-state index contributed by atoms with van der Waals surface area (Å²) in [6.07, 6.45) is -4.75. The van der Waals surface area contributed by atoms with Gasteiger partial charge in [-0.05, 0) is 65.1 Å². The standard InChI is InChI=1S/C26H25F2NO5/c1-13-6-19(28)22-17(9-14-2-3-16-10-18(27)5-4-15(16)8-14)11-29(20(22)7-13)26-25(33)24(32)23(31)21(12-30)34-26/h2-8,10-11,21,23-26,30-33H,9,12H2,1H3/t21-,23-,24+,25-,26-/m1/s1. The van der Waals surface area contributed by atoms with Gasteiger partial charge in [0.15, 0.2) is 6.23 Å². The van der Waals surface area contributed by atoms with E-state index in [0.29, 0.717) is 28.5 Å². The lowest BCUT2D eigenvalue weighted by Crippen LogP contribution is -2.56. The lowest BCUT2D eigenvalue weighted by Gasteiger charge is -2.40. The van der Waals surface area contributed by atoms with Gasteiger partial charge >= 0.3 is 0 Å². The Bertz CT molecular complexity index is 1370. The van der Waals surface area contributed by atoms with E-state index in [4.69, 9.17) is 4.74 Å². The molecule has 1 fully saturated rings. The van der Waals surface area contributed by atoms with Crippen LogP contribution in [0.3, 0.4) is 0 Å². The number of rotatable bonds is 4. The Labute approximate surface area is 194 Å². The van der Waals surface area contributed by atoms with Gasteiger partial charge in [0.05, 0.1) is 12.1 Å². The summed E-state index contributed by atoms with van der Waals surface area (Å²) in [6, 6.07) is 13.3. The molecule has 1 aliphatic rings. The molecule has 0 amide bonds. The number of hydrogen-bond donors (Lipinski definition) is 4. The molecule has 5 atom stereocenters. The van der Waals surface area contributed by atoms with Gasteiger partial charge in [-0.1, -0.05) is 24.3 Å². The van der Waals surface area contributed by atoms with E-state index in [0.717, 1.165) is 16.3 Å². The molecule has 1 aliphatic heterocycles.